The first-order valence-corrected chi connectivity index (χ1v) is 9.79. The number of ether oxygens (including phenoxy) is 2. The van der Waals surface area contributed by atoms with E-state index in [4.69, 9.17) is 20.9 Å². The van der Waals surface area contributed by atoms with Crippen molar-refractivity contribution in [3.63, 3.8) is 0 Å². The van der Waals surface area contributed by atoms with E-state index in [0.29, 0.717) is 34.6 Å². The summed E-state index contributed by atoms with van der Waals surface area (Å²) in [6, 6.07) is 3.43. The number of phenolic OH excluding ortho intramolecular Hbond substituents is 1. The topological polar surface area (TPSA) is 106 Å². The first-order chi connectivity index (χ1) is 13.4. The monoisotopic (exact) mass is 404 g/mol. The predicted molar refractivity (Wildman–Crippen MR) is 118 cm³/mol. The molecule has 0 radical (unpaired) electrons. The quantitative estimate of drug-likeness (QED) is 0.540. The van der Waals surface area contributed by atoms with E-state index in [1.165, 1.54) is 20.3 Å². The van der Waals surface area contributed by atoms with Gasteiger partial charge in [-0.25, -0.2) is 0 Å². The van der Waals surface area contributed by atoms with Gasteiger partial charge in [0.1, 0.15) is 5.75 Å². The molecule has 0 saturated carbocycles. The Morgan fingerprint density at radius 3 is 2.10 bits per heavy atom. The Hall–Kier alpha value is -2.54. The summed E-state index contributed by atoms with van der Waals surface area (Å²) in [4.78, 5) is 2.10. The second kappa shape index (κ2) is 8.45. The van der Waals surface area contributed by atoms with E-state index < -0.39 is 0 Å². The molecule has 0 aliphatic carbocycles. The molecule has 7 nitrogen and oxygen atoms in total. The maximum Gasteiger partial charge on any atom is 0.164 e. The molecule has 0 bridgehead atoms. The number of rotatable bonds is 6. The molecule has 1 saturated heterocycles. The molecule has 1 aromatic rings. The zero-order valence-electron chi connectivity index (χ0n) is 18.7. The summed E-state index contributed by atoms with van der Waals surface area (Å²) in [5, 5.41) is 14.0. The fourth-order valence-corrected chi connectivity index (χ4v) is 4.24. The Morgan fingerprint density at radius 1 is 1.07 bits per heavy atom. The Labute approximate surface area is 174 Å². The summed E-state index contributed by atoms with van der Waals surface area (Å²) in [5.41, 5.74) is 13.4. The number of nitrogens with zero attached hydrogens (tertiary/aromatic N) is 1. The standard InChI is InChI=1S/C22H36N4O3/c1-21(2)12-14(13-22(3,4)25-21)26(5)20(24)9-8-16(23)15-10-18(28-6)19(29-7)11-17(15)27/h8-11,14,25,27H,12-13,23-24H2,1-7H3/b16-8-,20-9+. The van der Waals surface area contributed by atoms with Crippen LogP contribution in [0.4, 0.5) is 0 Å². The molecule has 0 amide bonds. The highest BCUT2D eigenvalue weighted by atomic mass is 16.5. The van der Waals surface area contributed by atoms with Gasteiger partial charge in [-0.2, -0.15) is 0 Å². The zero-order valence-corrected chi connectivity index (χ0v) is 18.7. The van der Waals surface area contributed by atoms with E-state index in [2.05, 4.69) is 37.9 Å². The maximum absolute atomic E-state index is 10.3. The number of allylic oxidation sites excluding steroid dienone is 2. The van der Waals surface area contributed by atoms with Crippen LogP contribution in [0.1, 0.15) is 46.1 Å². The van der Waals surface area contributed by atoms with Gasteiger partial charge in [0, 0.05) is 41.5 Å². The lowest BCUT2D eigenvalue weighted by molar-refractivity contribution is 0.0981. The van der Waals surface area contributed by atoms with E-state index in [-0.39, 0.29) is 16.8 Å². The Morgan fingerprint density at radius 2 is 1.59 bits per heavy atom. The Kier molecular flexibility index (Phi) is 6.63. The number of aromatic hydroxyl groups is 1. The van der Waals surface area contributed by atoms with Crippen LogP contribution >= 0.6 is 0 Å². The molecule has 162 valence electrons. The molecule has 7 heteroatoms. The molecule has 0 unspecified atom stereocenters. The molecule has 0 aromatic heterocycles. The van der Waals surface area contributed by atoms with E-state index >= 15 is 0 Å². The van der Waals surface area contributed by atoms with Crippen molar-refractivity contribution in [3.05, 3.63) is 35.7 Å². The van der Waals surface area contributed by atoms with Crippen LogP contribution in [0.5, 0.6) is 17.2 Å². The highest BCUT2D eigenvalue weighted by Crippen LogP contribution is 2.36. The molecule has 1 aliphatic heterocycles. The lowest BCUT2D eigenvalue weighted by Crippen LogP contribution is -2.61. The molecule has 6 N–H and O–H groups in total. The van der Waals surface area contributed by atoms with Crippen molar-refractivity contribution in [2.24, 2.45) is 11.5 Å². The summed E-state index contributed by atoms with van der Waals surface area (Å²) in [6.07, 6.45) is 5.44. The smallest absolute Gasteiger partial charge is 0.164 e. The van der Waals surface area contributed by atoms with Crippen LogP contribution in [-0.2, 0) is 0 Å². The summed E-state index contributed by atoms with van der Waals surface area (Å²) in [7, 11) is 5.05. The van der Waals surface area contributed by atoms with E-state index in [1.807, 2.05) is 7.05 Å². The molecule has 1 fully saturated rings. The van der Waals surface area contributed by atoms with Gasteiger partial charge in [-0.15, -0.1) is 0 Å². The average Bonchev–Trinajstić information content (AvgIpc) is 2.62. The molecule has 0 spiro atoms. The van der Waals surface area contributed by atoms with Crippen LogP contribution in [0.3, 0.4) is 0 Å². The van der Waals surface area contributed by atoms with E-state index in [0.717, 1.165) is 12.8 Å². The SMILES string of the molecule is COc1cc(O)c(/C(N)=C/C=C(\N)N(C)C2CC(C)(C)NC(C)(C)C2)cc1OC. The van der Waals surface area contributed by atoms with Gasteiger partial charge in [0.2, 0.25) is 0 Å². The number of hydrogen-bond donors (Lipinski definition) is 4. The second-order valence-corrected chi connectivity index (χ2v) is 9.00. The molecular formula is C22H36N4O3. The van der Waals surface area contributed by atoms with Gasteiger partial charge < -0.3 is 36.3 Å². The van der Waals surface area contributed by atoms with Crippen LogP contribution in [0.2, 0.25) is 0 Å². The molecular weight excluding hydrogens is 368 g/mol. The molecule has 1 heterocycles. The number of phenols is 1. The van der Waals surface area contributed by atoms with Crippen molar-refractivity contribution >= 4 is 5.70 Å². The fourth-order valence-electron chi connectivity index (χ4n) is 4.24. The predicted octanol–water partition coefficient (Wildman–Crippen LogP) is 2.75. The van der Waals surface area contributed by atoms with Gasteiger partial charge in [0.15, 0.2) is 11.5 Å². The number of methoxy groups -OCH3 is 2. The minimum absolute atomic E-state index is 0.0126. The van der Waals surface area contributed by atoms with Gasteiger partial charge in [-0.3, -0.25) is 0 Å². The van der Waals surface area contributed by atoms with Crippen molar-refractivity contribution in [1.82, 2.24) is 10.2 Å². The first-order valence-electron chi connectivity index (χ1n) is 9.79. The summed E-state index contributed by atoms with van der Waals surface area (Å²) in [5.74, 6) is 1.56. The Balaban J connectivity index is 2.24. The molecule has 0 atom stereocenters. The minimum Gasteiger partial charge on any atom is -0.507 e. The number of nitrogens with two attached hydrogens (primary N) is 2. The molecule has 29 heavy (non-hydrogen) atoms. The number of benzene rings is 1. The third-order valence-corrected chi connectivity index (χ3v) is 5.37. The highest BCUT2D eigenvalue weighted by Gasteiger charge is 2.39. The lowest BCUT2D eigenvalue weighted by Gasteiger charge is -2.49. The fraction of sp³-hybridized carbons (Fsp3) is 0.545. The maximum atomic E-state index is 10.3. The zero-order chi connectivity index (χ0) is 22.0. The summed E-state index contributed by atoms with van der Waals surface area (Å²) >= 11 is 0. The van der Waals surface area contributed by atoms with E-state index in [9.17, 15) is 5.11 Å². The normalized spacial score (nSPS) is 19.7. The van der Waals surface area contributed by atoms with Crippen molar-refractivity contribution in [2.75, 3.05) is 21.3 Å². The van der Waals surface area contributed by atoms with Crippen LogP contribution in [0.25, 0.3) is 5.70 Å². The largest absolute Gasteiger partial charge is 0.507 e. The van der Waals surface area contributed by atoms with Crippen molar-refractivity contribution in [3.8, 4) is 17.2 Å². The third-order valence-electron chi connectivity index (χ3n) is 5.37. The van der Waals surface area contributed by atoms with Crippen molar-refractivity contribution in [1.29, 1.82) is 0 Å². The number of hydrogen-bond acceptors (Lipinski definition) is 7. The second-order valence-electron chi connectivity index (χ2n) is 9.00. The number of piperidine rings is 1. The average molecular weight is 405 g/mol. The molecule has 1 aliphatic rings. The summed E-state index contributed by atoms with van der Waals surface area (Å²) in [6.45, 7) is 8.86. The lowest BCUT2D eigenvalue weighted by atomic mass is 9.79. The van der Waals surface area contributed by atoms with Crippen LogP contribution in [-0.4, -0.2) is 48.4 Å². The molecule has 1 aromatic carbocycles. The van der Waals surface area contributed by atoms with Gasteiger partial charge in [-0.05, 0) is 58.8 Å². The number of nitrogens with one attached hydrogen (secondary N) is 1. The van der Waals surface area contributed by atoms with Crippen molar-refractivity contribution in [2.45, 2.75) is 57.7 Å². The van der Waals surface area contributed by atoms with Gasteiger partial charge in [-0.1, -0.05) is 0 Å². The van der Waals surface area contributed by atoms with Crippen LogP contribution < -0.4 is 26.3 Å². The summed E-state index contributed by atoms with van der Waals surface area (Å²) < 4.78 is 10.5. The minimum atomic E-state index is 0.0126. The van der Waals surface area contributed by atoms with Crippen LogP contribution in [0, 0.1) is 0 Å². The highest BCUT2D eigenvalue weighted by molar-refractivity contribution is 5.72. The van der Waals surface area contributed by atoms with Crippen molar-refractivity contribution < 1.29 is 14.6 Å². The van der Waals surface area contributed by atoms with Crippen LogP contribution in [0.15, 0.2) is 30.1 Å². The van der Waals surface area contributed by atoms with Gasteiger partial charge in [0.25, 0.3) is 0 Å². The van der Waals surface area contributed by atoms with E-state index in [1.54, 1.807) is 18.2 Å². The van der Waals surface area contributed by atoms with Gasteiger partial charge >= 0.3 is 0 Å². The first kappa shape index (κ1) is 22.7. The third kappa shape index (κ3) is 5.50. The molecule has 2 rings (SSSR count). The Bertz CT molecular complexity index is 783. The van der Waals surface area contributed by atoms with Gasteiger partial charge in [0.05, 0.1) is 20.0 Å².